The van der Waals surface area contributed by atoms with E-state index in [0.29, 0.717) is 6.04 Å². The molecule has 8 heteroatoms. The van der Waals surface area contributed by atoms with E-state index in [1.165, 1.54) is 0 Å². The van der Waals surface area contributed by atoms with Gasteiger partial charge in [-0.25, -0.2) is 15.0 Å². The molecule has 7 nitrogen and oxygen atoms in total. The third kappa shape index (κ3) is 4.24. The molecule has 1 atom stereocenters. The second-order valence-electron chi connectivity index (χ2n) is 6.62. The van der Waals surface area contributed by atoms with Crippen LogP contribution >= 0.6 is 15.9 Å². The van der Waals surface area contributed by atoms with Crippen molar-refractivity contribution >= 4 is 33.4 Å². The molecule has 0 radical (unpaired) electrons. The molecule has 2 aliphatic rings. The van der Waals surface area contributed by atoms with Gasteiger partial charge in [0.15, 0.2) is 0 Å². The number of nitrogens with one attached hydrogen (secondary N) is 1. The van der Waals surface area contributed by atoms with Gasteiger partial charge < -0.3 is 19.9 Å². The van der Waals surface area contributed by atoms with E-state index in [-0.39, 0.29) is 0 Å². The summed E-state index contributed by atoms with van der Waals surface area (Å²) in [7, 11) is 0. The summed E-state index contributed by atoms with van der Waals surface area (Å²) in [6.07, 6.45) is 5.76. The number of piperidine rings is 1. The first kappa shape index (κ1) is 17.5. The molecule has 0 saturated carbocycles. The quantitative estimate of drug-likeness (QED) is 0.817. The molecule has 0 spiro atoms. The van der Waals surface area contributed by atoms with E-state index in [1.54, 1.807) is 6.33 Å². The molecule has 2 aromatic rings. The second kappa shape index (κ2) is 8.18. The molecule has 2 aliphatic heterocycles. The summed E-state index contributed by atoms with van der Waals surface area (Å²) in [4.78, 5) is 18.0. The van der Waals surface area contributed by atoms with E-state index >= 15 is 0 Å². The fourth-order valence-electron chi connectivity index (χ4n) is 3.45. The summed E-state index contributed by atoms with van der Waals surface area (Å²) in [5, 5.41) is 3.54. The summed E-state index contributed by atoms with van der Waals surface area (Å²) in [5.41, 5.74) is 0. The normalized spacial score (nSPS) is 20.9. The minimum absolute atomic E-state index is 0.360. The van der Waals surface area contributed by atoms with Crippen molar-refractivity contribution in [3.63, 3.8) is 0 Å². The average Bonchev–Trinajstić information content (AvgIpc) is 2.71. The number of morpholine rings is 1. The van der Waals surface area contributed by atoms with Crippen molar-refractivity contribution in [2.75, 3.05) is 54.5 Å². The van der Waals surface area contributed by atoms with Crippen molar-refractivity contribution in [2.24, 2.45) is 0 Å². The Hall–Kier alpha value is -1.93. The zero-order chi connectivity index (χ0) is 17.8. The molecule has 1 N–H and O–H groups in total. The lowest BCUT2D eigenvalue weighted by Crippen LogP contribution is -2.43. The summed E-state index contributed by atoms with van der Waals surface area (Å²) >= 11 is 3.43. The standard InChI is InChI=1S/C18H23BrN6O/c19-14-3-4-16(20-11-14)23-15-2-1-5-25(12-15)18-10-17(21-13-22-18)24-6-8-26-9-7-24/h3-4,10-11,13,15H,1-2,5-9,12H2,(H,20,23). The molecule has 138 valence electrons. The molecule has 0 amide bonds. The fraction of sp³-hybridized carbons (Fsp3) is 0.500. The first-order valence-corrected chi connectivity index (χ1v) is 9.85. The molecule has 0 aliphatic carbocycles. The Morgan fingerprint density at radius 3 is 2.62 bits per heavy atom. The number of halogens is 1. The monoisotopic (exact) mass is 418 g/mol. The predicted octanol–water partition coefficient (Wildman–Crippen LogP) is 2.55. The second-order valence-corrected chi connectivity index (χ2v) is 7.54. The highest BCUT2D eigenvalue weighted by Crippen LogP contribution is 2.23. The Labute approximate surface area is 161 Å². The molecular formula is C18H23BrN6O. The van der Waals surface area contributed by atoms with Crippen molar-refractivity contribution in [3.8, 4) is 0 Å². The van der Waals surface area contributed by atoms with E-state index in [2.05, 4.69) is 52.1 Å². The van der Waals surface area contributed by atoms with E-state index in [1.807, 2.05) is 18.3 Å². The molecular weight excluding hydrogens is 396 g/mol. The van der Waals surface area contributed by atoms with Gasteiger partial charge in [0, 0.05) is 49.0 Å². The number of rotatable bonds is 4. The molecule has 2 aromatic heterocycles. The maximum Gasteiger partial charge on any atom is 0.134 e. The summed E-state index contributed by atoms with van der Waals surface area (Å²) in [6.45, 7) is 5.22. The smallest absolute Gasteiger partial charge is 0.134 e. The zero-order valence-electron chi connectivity index (χ0n) is 14.6. The lowest BCUT2D eigenvalue weighted by Gasteiger charge is -2.35. The van der Waals surface area contributed by atoms with Crippen LogP contribution in [0.25, 0.3) is 0 Å². The van der Waals surface area contributed by atoms with Crippen molar-refractivity contribution < 1.29 is 4.74 Å². The lowest BCUT2D eigenvalue weighted by atomic mass is 10.1. The zero-order valence-corrected chi connectivity index (χ0v) is 16.2. The van der Waals surface area contributed by atoms with Gasteiger partial charge in [-0.1, -0.05) is 0 Å². The Kier molecular flexibility index (Phi) is 5.50. The van der Waals surface area contributed by atoms with Gasteiger partial charge in [-0.05, 0) is 40.9 Å². The number of ether oxygens (including phenoxy) is 1. The van der Waals surface area contributed by atoms with Crippen LogP contribution in [0.2, 0.25) is 0 Å². The fourth-order valence-corrected chi connectivity index (χ4v) is 3.68. The number of hydrogen-bond acceptors (Lipinski definition) is 7. The number of nitrogens with zero attached hydrogens (tertiary/aromatic N) is 5. The van der Waals surface area contributed by atoms with Crippen LogP contribution in [-0.2, 0) is 4.74 Å². The van der Waals surface area contributed by atoms with Gasteiger partial charge in [-0.15, -0.1) is 0 Å². The maximum absolute atomic E-state index is 5.43. The molecule has 0 bridgehead atoms. The van der Waals surface area contributed by atoms with Crippen LogP contribution in [0.4, 0.5) is 17.5 Å². The first-order chi connectivity index (χ1) is 12.8. The van der Waals surface area contributed by atoms with Gasteiger partial charge in [0.05, 0.1) is 13.2 Å². The van der Waals surface area contributed by atoms with Gasteiger partial charge in [-0.2, -0.15) is 0 Å². The number of pyridine rings is 1. The van der Waals surface area contributed by atoms with E-state index in [4.69, 9.17) is 4.74 Å². The molecule has 2 saturated heterocycles. The Morgan fingerprint density at radius 2 is 1.85 bits per heavy atom. The van der Waals surface area contributed by atoms with Crippen LogP contribution in [0.15, 0.2) is 35.2 Å². The Morgan fingerprint density at radius 1 is 1.04 bits per heavy atom. The van der Waals surface area contributed by atoms with Gasteiger partial charge in [0.25, 0.3) is 0 Å². The summed E-state index contributed by atoms with van der Waals surface area (Å²) in [5.74, 6) is 2.90. The molecule has 0 aromatic carbocycles. The SMILES string of the molecule is Brc1ccc(NC2CCCN(c3cc(N4CCOCC4)ncn3)C2)nc1. The highest BCUT2D eigenvalue weighted by atomic mass is 79.9. The maximum atomic E-state index is 5.43. The van der Waals surface area contributed by atoms with Gasteiger partial charge in [0.1, 0.15) is 23.8 Å². The third-order valence-corrected chi connectivity index (χ3v) is 5.27. The van der Waals surface area contributed by atoms with Crippen LogP contribution in [0, 0.1) is 0 Å². The Bertz CT molecular complexity index is 722. The van der Waals surface area contributed by atoms with Gasteiger partial charge in [-0.3, -0.25) is 0 Å². The molecule has 2 fully saturated rings. The van der Waals surface area contributed by atoms with Gasteiger partial charge in [0.2, 0.25) is 0 Å². The van der Waals surface area contributed by atoms with E-state index in [9.17, 15) is 0 Å². The number of anilines is 3. The minimum Gasteiger partial charge on any atom is -0.378 e. The highest BCUT2D eigenvalue weighted by molar-refractivity contribution is 9.10. The van der Waals surface area contributed by atoms with Crippen LogP contribution < -0.4 is 15.1 Å². The molecule has 4 heterocycles. The van der Waals surface area contributed by atoms with Crippen LogP contribution in [0.1, 0.15) is 12.8 Å². The minimum atomic E-state index is 0.360. The van der Waals surface area contributed by atoms with E-state index < -0.39 is 0 Å². The van der Waals surface area contributed by atoms with E-state index in [0.717, 1.165) is 74.2 Å². The topological polar surface area (TPSA) is 66.4 Å². The molecule has 1 unspecified atom stereocenters. The molecule has 4 rings (SSSR count). The lowest BCUT2D eigenvalue weighted by molar-refractivity contribution is 0.122. The largest absolute Gasteiger partial charge is 0.378 e. The van der Waals surface area contributed by atoms with Crippen molar-refractivity contribution in [1.29, 1.82) is 0 Å². The first-order valence-electron chi connectivity index (χ1n) is 9.06. The van der Waals surface area contributed by atoms with Crippen molar-refractivity contribution in [1.82, 2.24) is 15.0 Å². The Balaban J connectivity index is 1.43. The number of hydrogen-bond donors (Lipinski definition) is 1. The summed E-state index contributed by atoms with van der Waals surface area (Å²) < 4.78 is 6.42. The van der Waals surface area contributed by atoms with Crippen LogP contribution in [-0.4, -0.2) is 60.4 Å². The number of aromatic nitrogens is 3. The van der Waals surface area contributed by atoms with Crippen LogP contribution in [0.3, 0.4) is 0 Å². The van der Waals surface area contributed by atoms with Gasteiger partial charge >= 0.3 is 0 Å². The summed E-state index contributed by atoms with van der Waals surface area (Å²) in [6, 6.07) is 6.48. The predicted molar refractivity (Wildman–Crippen MR) is 106 cm³/mol. The molecule has 26 heavy (non-hydrogen) atoms. The van der Waals surface area contributed by atoms with Crippen LogP contribution in [0.5, 0.6) is 0 Å². The highest BCUT2D eigenvalue weighted by Gasteiger charge is 2.22. The third-order valence-electron chi connectivity index (χ3n) is 4.80. The van der Waals surface area contributed by atoms with Crippen molar-refractivity contribution in [2.45, 2.75) is 18.9 Å². The average molecular weight is 419 g/mol. The van der Waals surface area contributed by atoms with Crippen molar-refractivity contribution in [3.05, 3.63) is 35.2 Å².